The summed E-state index contributed by atoms with van der Waals surface area (Å²) in [6.07, 6.45) is 4.95. The number of carbonyl (C=O) groups is 1. The van der Waals surface area contributed by atoms with E-state index in [2.05, 4.69) is 10.6 Å². The number of carbonyl (C=O) groups excluding carboxylic acids is 1. The van der Waals surface area contributed by atoms with Crippen molar-refractivity contribution in [2.24, 2.45) is 0 Å². The second kappa shape index (κ2) is 7.28. The van der Waals surface area contributed by atoms with Crippen LogP contribution in [0.5, 0.6) is 0 Å². The van der Waals surface area contributed by atoms with Crippen LogP contribution in [-0.4, -0.2) is 18.5 Å². The number of hydrogen-bond acceptors (Lipinski definition) is 3. The van der Waals surface area contributed by atoms with Crippen molar-refractivity contribution in [3.05, 3.63) is 28.8 Å². The summed E-state index contributed by atoms with van der Waals surface area (Å²) in [6.45, 7) is 1.05. The number of halogens is 1. The van der Waals surface area contributed by atoms with E-state index >= 15 is 0 Å². The van der Waals surface area contributed by atoms with Crippen molar-refractivity contribution < 1.29 is 4.79 Å². The molecule has 0 aromatic heterocycles. The Bertz CT molecular complexity index is 518. The number of amides is 1. The highest BCUT2D eigenvalue weighted by Gasteiger charge is 2.14. The van der Waals surface area contributed by atoms with Gasteiger partial charge >= 0.3 is 0 Å². The zero-order chi connectivity index (χ0) is 14.4. The summed E-state index contributed by atoms with van der Waals surface area (Å²) in [5, 5.41) is 15.5. The number of rotatable bonds is 4. The zero-order valence-corrected chi connectivity index (χ0v) is 12.0. The second-order valence-corrected chi connectivity index (χ2v) is 5.45. The predicted molar refractivity (Wildman–Crippen MR) is 79.7 cm³/mol. The molecular weight excluding hydrogens is 274 g/mol. The van der Waals surface area contributed by atoms with Gasteiger partial charge in [-0.1, -0.05) is 18.0 Å². The molecule has 1 saturated heterocycles. The minimum atomic E-state index is -0.0245. The number of nitrogens with zero attached hydrogens (tertiary/aromatic N) is 1. The molecule has 0 saturated carbocycles. The molecule has 1 unspecified atom stereocenters. The van der Waals surface area contributed by atoms with Gasteiger partial charge < -0.3 is 10.6 Å². The Kier molecular flexibility index (Phi) is 5.40. The third-order valence-corrected chi connectivity index (χ3v) is 3.83. The first-order chi connectivity index (χ1) is 9.69. The Morgan fingerprint density at radius 2 is 2.35 bits per heavy atom. The number of hydrogen-bond donors (Lipinski definition) is 2. The fraction of sp³-hybridized carbons (Fsp3) is 0.467. The summed E-state index contributed by atoms with van der Waals surface area (Å²) in [4.78, 5) is 11.9. The normalized spacial score (nSPS) is 18.3. The summed E-state index contributed by atoms with van der Waals surface area (Å²) < 4.78 is 0. The topological polar surface area (TPSA) is 64.9 Å². The van der Waals surface area contributed by atoms with Gasteiger partial charge in [0.15, 0.2) is 0 Å². The first-order valence-electron chi connectivity index (χ1n) is 6.92. The molecule has 1 aromatic rings. The lowest BCUT2D eigenvalue weighted by Crippen LogP contribution is -2.34. The van der Waals surface area contributed by atoms with Crippen LogP contribution in [0.25, 0.3) is 0 Å². The van der Waals surface area contributed by atoms with E-state index < -0.39 is 0 Å². The van der Waals surface area contributed by atoms with Crippen LogP contribution < -0.4 is 10.6 Å². The standard InChI is InChI=1S/C15H18ClN3O/c16-14-6-4-13(9-11(14)10-17)19-15(20)7-5-12-3-1-2-8-18-12/h4,6,9,12,18H,1-3,5,7-8H2,(H,19,20). The monoisotopic (exact) mass is 291 g/mol. The Labute approximate surface area is 124 Å². The summed E-state index contributed by atoms with van der Waals surface area (Å²) >= 11 is 5.85. The smallest absolute Gasteiger partial charge is 0.224 e. The average molecular weight is 292 g/mol. The van der Waals surface area contributed by atoms with Crippen LogP contribution in [0.15, 0.2) is 18.2 Å². The van der Waals surface area contributed by atoms with Crippen LogP contribution in [0.2, 0.25) is 5.02 Å². The summed E-state index contributed by atoms with van der Waals surface area (Å²) in [6, 6.07) is 7.38. The number of nitriles is 1. The lowest BCUT2D eigenvalue weighted by molar-refractivity contribution is -0.116. The molecule has 2 N–H and O–H groups in total. The van der Waals surface area contributed by atoms with Crippen molar-refractivity contribution in [2.45, 2.75) is 38.1 Å². The summed E-state index contributed by atoms with van der Waals surface area (Å²) in [5.41, 5.74) is 0.992. The van der Waals surface area contributed by atoms with Crippen molar-refractivity contribution in [1.29, 1.82) is 5.26 Å². The molecule has 0 aliphatic carbocycles. The average Bonchev–Trinajstić information content (AvgIpc) is 2.48. The van der Waals surface area contributed by atoms with E-state index in [1.165, 1.54) is 12.8 Å². The minimum Gasteiger partial charge on any atom is -0.326 e. The molecule has 106 valence electrons. The van der Waals surface area contributed by atoms with E-state index in [0.717, 1.165) is 19.4 Å². The molecular formula is C15H18ClN3O. The Morgan fingerprint density at radius 3 is 3.05 bits per heavy atom. The third kappa shape index (κ3) is 4.22. The minimum absolute atomic E-state index is 0.0245. The maximum Gasteiger partial charge on any atom is 0.224 e. The number of benzene rings is 1. The number of anilines is 1. The molecule has 1 atom stereocenters. The highest BCUT2D eigenvalue weighted by Crippen LogP contribution is 2.20. The van der Waals surface area contributed by atoms with Crippen LogP contribution in [0.3, 0.4) is 0 Å². The van der Waals surface area contributed by atoms with Crippen molar-refractivity contribution in [2.75, 3.05) is 11.9 Å². The van der Waals surface area contributed by atoms with Crippen LogP contribution in [0, 0.1) is 11.3 Å². The van der Waals surface area contributed by atoms with Crippen LogP contribution in [0.1, 0.15) is 37.7 Å². The lowest BCUT2D eigenvalue weighted by atomic mass is 10.0. The van der Waals surface area contributed by atoms with Gasteiger partial charge in [0.25, 0.3) is 0 Å². The molecule has 5 heteroatoms. The van der Waals surface area contributed by atoms with E-state index in [1.54, 1.807) is 18.2 Å². The Balaban J connectivity index is 1.83. The van der Waals surface area contributed by atoms with E-state index in [-0.39, 0.29) is 5.91 Å². The van der Waals surface area contributed by atoms with Crippen molar-refractivity contribution in [1.82, 2.24) is 5.32 Å². The maximum atomic E-state index is 11.9. The molecule has 1 fully saturated rings. The van der Waals surface area contributed by atoms with Gasteiger partial charge in [-0.25, -0.2) is 0 Å². The summed E-state index contributed by atoms with van der Waals surface area (Å²) in [5.74, 6) is -0.0245. The van der Waals surface area contributed by atoms with Gasteiger partial charge in [-0.15, -0.1) is 0 Å². The van der Waals surface area contributed by atoms with Crippen LogP contribution in [-0.2, 0) is 4.79 Å². The molecule has 0 radical (unpaired) electrons. The van der Waals surface area contributed by atoms with Gasteiger partial charge in [-0.05, 0) is 44.0 Å². The highest BCUT2D eigenvalue weighted by atomic mass is 35.5. The van der Waals surface area contributed by atoms with Crippen molar-refractivity contribution >= 4 is 23.2 Å². The number of nitrogens with one attached hydrogen (secondary N) is 2. The van der Waals surface area contributed by atoms with Gasteiger partial charge in [0.2, 0.25) is 5.91 Å². The Morgan fingerprint density at radius 1 is 1.50 bits per heavy atom. The van der Waals surface area contributed by atoms with Crippen molar-refractivity contribution in [3.63, 3.8) is 0 Å². The van der Waals surface area contributed by atoms with Gasteiger partial charge in [-0.2, -0.15) is 5.26 Å². The molecule has 0 spiro atoms. The van der Waals surface area contributed by atoms with Crippen molar-refractivity contribution in [3.8, 4) is 6.07 Å². The SMILES string of the molecule is N#Cc1cc(NC(=O)CCC2CCCCN2)ccc1Cl. The fourth-order valence-electron chi connectivity index (χ4n) is 2.39. The largest absolute Gasteiger partial charge is 0.326 e. The molecule has 1 aliphatic rings. The molecule has 1 amide bonds. The van der Waals surface area contributed by atoms with Gasteiger partial charge in [-0.3, -0.25) is 4.79 Å². The molecule has 0 bridgehead atoms. The van der Waals surface area contributed by atoms with E-state index in [9.17, 15) is 4.79 Å². The second-order valence-electron chi connectivity index (χ2n) is 5.04. The van der Waals surface area contributed by atoms with Crippen LogP contribution >= 0.6 is 11.6 Å². The first-order valence-corrected chi connectivity index (χ1v) is 7.29. The van der Waals surface area contributed by atoms with E-state index in [4.69, 9.17) is 16.9 Å². The van der Waals surface area contributed by atoms with E-state index in [0.29, 0.717) is 28.7 Å². The number of piperidine rings is 1. The fourth-order valence-corrected chi connectivity index (χ4v) is 2.55. The Hall–Kier alpha value is -1.57. The van der Waals surface area contributed by atoms with Gasteiger partial charge in [0.05, 0.1) is 10.6 Å². The molecule has 4 nitrogen and oxygen atoms in total. The quantitative estimate of drug-likeness (QED) is 0.896. The molecule has 2 rings (SSSR count). The first kappa shape index (κ1) is 14.8. The third-order valence-electron chi connectivity index (χ3n) is 3.50. The molecule has 1 aliphatic heterocycles. The van der Waals surface area contributed by atoms with Gasteiger partial charge in [0.1, 0.15) is 6.07 Å². The molecule has 20 heavy (non-hydrogen) atoms. The maximum absolute atomic E-state index is 11.9. The summed E-state index contributed by atoms with van der Waals surface area (Å²) in [7, 11) is 0. The molecule has 1 heterocycles. The molecule has 1 aromatic carbocycles. The lowest BCUT2D eigenvalue weighted by Gasteiger charge is -2.23. The highest BCUT2D eigenvalue weighted by molar-refractivity contribution is 6.31. The van der Waals surface area contributed by atoms with Crippen LogP contribution in [0.4, 0.5) is 5.69 Å². The predicted octanol–water partition coefficient (Wildman–Crippen LogP) is 3.07. The zero-order valence-electron chi connectivity index (χ0n) is 11.3. The van der Waals surface area contributed by atoms with E-state index in [1.807, 2.05) is 6.07 Å². The van der Waals surface area contributed by atoms with Gasteiger partial charge in [0, 0.05) is 18.2 Å².